The van der Waals surface area contributed by atoms with Crippen molar-refractivity contribution < 1.29 is 0 Å². The lowest BCUT2D eigenvalue weighted by Crippen LogP contribution is -2.51. The van der Waals surface area contributed by atoms with E-state index >= 15 is 0 Å². The third-order valence-corrected chi connectivity index (χ3v) is 1.44. The lowest BCUT2D eigenvalue weighted by molar-refractivity contribution is 0.140. The first-order valence-electron chi connectivity index (χ1n) is 3.79. The molecule has 0 aliphatic rings. The number of hydrazine groups is 1. The molecule has 3 nitrogen and oxygen atoms in total. The zero-order valence-electron chi connectivity index (χ0n) is 7.59. The standard InChI is InChI=1S/C7H17N3S/c1-5(2)10(6(3)4)9-7(8)11/h5-6H,1-4H3,(H3,8,9,11). The Kier molecular flexibility index (Phi) is 4.37. The summed E-state index contributed by atoms with van der Waals surface area (Å²) in [6.07, 6.45) is 0. The van der Waals surface area contributed by atoms with E-state index in [-0.39, 0.29) is 0 Å². The molecule has 66 valence electrons. The van der Waals surface area contributed by atoms with Gasteiger partial charge in [0.1, 0.15) is 0 Å². The lowest BCUT2D eigenvalue weighted by Gasteiger charge is -2.30. The summed E-state index contributed by atoms with van der Waals surface area (Å²) < 4.78 is 0. The molecule has 0 aromatic rings. The topological polar surface area (TPSA) is 41.3 Å². The molecule has 0 rings (SSSR count). The second-order valence-electron chi connectivity index (χ2n) is 3.07. The van der Waals surface area contributed by atoms with Crippen molar-refractivity contribution in [3.63, 3.8) is 0 Å². The summed E-state index contributed by atoms with van der Waals surface area (Å²) in [5.74, 6) is 0. The average molecular weight is 175 g/mol. The van der Waals surface area contributed by atoms with Crippen molar-refractivity contribution >= 4 is 17.3 Å². The molecule has 0 aliphatic carbocycles. The largest absolute Gasteiger partial charge is 0.375 e. The molecule has 0 bridgehead atoms. The molecule has 0 saturated carbocycles. The van der Waals surface area contributed by atoms with Gasteiger partial charge in [-0.25, -0.2) is 5.01 Å². The second-order valence-corrected chi connectivity index (χ2v) is 3.51. The average Bonchev–Trinajstić information content (AvgIpc) is 1.81. The van der Waals surface area contributed by atoms with Gasteiger partial charge >= 0.3 is 0 Å². The first kappa shape index (κ1) is 10.7. The van der Waals surface area contributed by atoms with E-state index < -0.39 is 0 Å². The monoisotopic (exact) mass is 175 g/mol. The van der Waals surface area contributed by atoms with Crippen LogP contribution in [0.15, 0.2) is 0 Å². The molecule has 0 spiro atoms. The van der Waals surface area contributed by atoms with E-state index in [0.29, 0.717) is 17.2 Å². The van der Waals surface area contributed by atoms with Gasteiger partial charge in [-0.1, -0.05) is 0 Å². The van der Waals surface area contributed by atoms with Crippen molar-refractivity contribution in [1.29, 1.82) is 0 Å². The van der Waals surface area contributed by atoms with E-state index in [2.05, 4.69) is 33.1 Å². The minimum Gasteiger partial charge on any atom is -0.375 e. The van der Waals surface area contributed by atoms with Crippen LogP contribution in [0.25, 0.3) is 0 Å². The highest BCUT2D eigenvalue weighted by Crippen LogP contribution is 1.99. The first-order chi connectivity index (χ1) is 4.95. The van der Waals surface area contributed by atoms with Gasteiger partial charge in [0, 0.05) is 12.1 Å². The minimum atomic E-state index is 0.326. The Labute approximate surface area is 73.9 Å². The van der Waals surface area contributed by atoms with Crippen LogP contribution in [0.4, 0.5) is 0 Å². The number of nitrogens with two attached hydrogens (primary N) is 1. The fourth-order valence-electron chi connectivity index (χ4n) is 0.982. The molecular weight excluding hydrogens is 158 g/mol. The molecule has 0 saturated heterocycles. The van der Waals surface area contributed by atoms with Gasteiger partial charge in [0.05, 0.1) is 0 Å². The van der Waals surface area contributed by atoms with Crippen LogP contribution in [0.5, 0.6) is 0 Å². The summed E-state index contributed by atoms with van der Waals surface area (Å²) >= 11 is 4.74. The summed E-state index contributed by atoms with van der Waals surface area (Å²) in [5.41, 5.74) is 8.27. The number of hydrogen-bond acceptors (Lipinski definition) is 2. The Morgan fingerprint density at radius 1 is 1.27 bits per heavy atom. The molecule has 0 unspecified atom stereocenters. The van der Waals surface area contributed by atoms with Gasteiger partial charge in [0.2, 0.25) is 0 Å². The Bertz CT molecular complexity index is 126. The van der Waals surface area contributed by atoms with Gasteiger partial charge in [-0.05, 0) is 39.9 Å². The highest BCUT2D eigenvalue weighted by Gasteiger charge is 2.12. The van der Waals surface area contributed by atoms with E-state index in [4.69, 9.17) is 18.0 Å². The van der Waals surface area contributed by atoms with Crippen LogP contribution in [0.3, 0.4) is 0 Å². The van der Waals surface area contributed by atoms with Gasteiger partial charge in [0.25, 0.3) is 0 Å². The molecular formula is C7H17N3S. The third kappa shape index (κ3) is 4.16. The number of nitrogens with one attached hydrogen (secondary N) is 1. The van der Waals surface area contributed by atoms with Gasteiger partial charge in [-0.15, -0.1) is 0 Å². The molecule has 0 amide bonds. The number of nitrogens with zero attached hydrogens (tertiary/aromatic N) is 1. The van der Waals surface area contributed by atoms with Crippen LogP contribution in [0.1, 0.15) is 27.7 Å². The zero-order chi connectivity index (χ0) is 9.02. The number of hydrogen-bond donors (Lipinski definition) is 2. The Morgan fingerprint density at radius 2 is 1.64 bits per heavy atom. The minimum absolute atomic E-state index is 0.326. The fourth-order valence-corrected chi connectivity index (χ4v) is 1.09. The quantitative estimate of drug-likeness (QED) is 0.493. The van der Waals surface area contributed by atoms with E-state index in [9.17, 15) is 0 Å². The van der Waals surface area contributed by atoms with Crippen molar-refractivity contribution in [2.75, 3.05) is 0 Å². The van der Waals surface area contributed by atoms with Gasteiger partial charge < -0.3 is 5.73 Å². The molecule has 4 heteroatoms. The summed E-state index contributed by atoms with van der Waals surface area (Å²) in [4.78, 5) is 0. The summed E-state index contributed by atoms with van der Waals surface area (Å²) in [5, 5.41) is 2.34. The maximum Gasteiger partial charge on any atom is 0.178 e. The SMILES string of the molecule is CC(C)N(NC(N)=S)C(C)C. The Hall–Kier alpha value is -0.350. The zero-order valence-corrected chi connectivity index (χ0v) is 8.40. The molecule has 0 heterocycles. The summed E-state index contributed by atoms with van der Waals surface area (Å²) in [6, 6.07) is 0.799. The molecule has 0 aliphatic heterocycles. The molecule has 0 aromatic heterocycles. The van der Waals surface area contributed by atoms with Crippen LogP contribution < -0.4 is 11.2 Å². The highest BCUT2D eigenvalue weighted by molar-refractivity contribution is 7.80. The van der Waals surface area contributed by atoms with Crippen molar-refractivity contribution in [3.8, 4) is 0 Å². The van der Waals surface area contributed by atoms with Gasteiger partial charge in [-0.3, -0.25) is 5.43 Å². The van der Waals surface area contributed by atoms with Crippen molar-refractivity contribution in [1.82, 2.24) is 10.4 Å². The molecule has 3 N–H and O–H groups in total. The van der Waals surface area contributed by atoms with Crippen LogP contribution in [-0.2, 0) is 0 Å². The Balaban J connectivity index is 4.00. The molecule has 0 aromatic carbocycles. The molecule has 0 fully saturated rings. The van der Waals surface area contributed by atoms with Crippen LogP contribution in [0.2, 0.25) is 0 Å². The highest BCUT2D eigenvalue weighted by atomic mass is 32.1. The van der Waals surface area contributed by atoms with E-state index in [1.54, 1.807) is 0 Å². The van der Waals surface area contributed by atoms with Crippen LogP contribution in [0, 0.1) is 0 Å². The predicted octanol–water partition coefficient (Wildman–Crippen LogP) is 0.853. The van der Waals surface area contributed by atoms with Crippen molar-refractivity contribution in [2.24, 2.45) is 5.73 Å². The summed E-state index contributed by atoms with van der Waals surface area (Å²) in [7, 11) is 0. The normalized spacial score (nSPS) is 11.2. The van der Waals surface area contributed by atoms with Gasteiger partial charge in [-0.2, -0.15) is 0 Å². The second kappa shape index (κ2) is 4.51. The lowest BCUT2D eigenvalue weighted by atomic mass is 10.3. The van der Waals surface area contributed by atoms with Crippen molar-refractivity contribution in [2.45, 2.75) is 39.8 Å². The summed E-state index contributed by atoms with van der Waals surface area (Å²) in [6.45, 7) is 8.35. The van der Waals surface area contributed by atoms with E-state index in [0.717, 1.165) is 0 Å². The van der Waals surface area contributed by atoms with Crippen LogP contribution in [-0.4, -0.2) is 22.2 Å². The molecule has 0 atom stereocenters. The van der Waals surface area contributed by atoms with E-state index in [1.807, 2.05) is 5.01 Å². The number of thiocarbonyl (C=S) groups is 1. The smallest absolute Gasteiger partial charge is 0.178 e. The van der Waals surface area contributed by atoms with E-state index in [1.165, 1.54) is 0 Å². The maximum absolute atomic E-state index is 5.35. The fraction of sp³-hybridized carbons (Fsp3) is 0.857. The van der Waals surface area contributed by atoms with Gasteiger partial charge in [0.15, 0.2) is 5.11 Å². The maximum atomic E-state index is 5.35. The first-order valence-corrected chi connectivity index (χ1v) is 4.20. The third-order valence-electron chi connectivity index (χ3n) is 1.35. The predicted molar refractivity (Wildman–Crippen MR) is 52.0 cm³/mol. The molecule has 11 heavy (non-hydrogen) atoms. The van der Waals surface area contributed by atoms with Crippen molar-refractivity contribution in [3.05, 3.63) is 0 Å². The Morgan fingerprint density at radius 3 is 1.73 bits per heavy atom. The molecule has 0 radical (unpaired) electrons. The number of rotatable bonds is 3. The van der Waals surface area contributed by atoms with Crippen LogP contribution >= 0.6 is 12.2 Å².